The molecule has 2 fully saturated rings. The lowest BCUT2D eigenvalue weighted by atomic mass is 9.93. The number of benzene rings is 2. The fourth-order valence-corrected chi connectivity index (χ4v) is 6.49. The number of amides is 1. The van der Waals surface area contributed by atoms with Crippen LogP contribution in [-0.4, -0.2) is 58.7 Å². The molecule has 5 heterocycles. The number of ether oxygens (including phenoxy) is 2. The van der Waals surface area contributed by atoms with Gasteiger partial charge in [0.05, 0.1) is 32.1 Å². The van der Waals surface area contributed by atoms with Crippen LogP contribution in [0.3, 0.4) is 0 Å². The number of carbonyl (C=O) groups excluding carboxylic acids is 1. The van der Waals surface area contributed by atoms with Gasteiger partial charge in [0.15, 0.2) is 11.4 Å². The van der Waals surface area contributed by atoms with Gasteiger partial charge in [-0.1, -0.05) is 36.4 Å². The third-order valence-electron chi connectivity index (χ3n) is 7.32. The van der Waals surface area contributed by atoms with E-state index >= 15 is 0 Å². The number of hydrogen-bond acceptors (Lipinski definition) is 7. The van der Waals surface area contributed by atoms with Gasteiger partial charge in [0.2, 0.25) is 5.43 Å². The number of aromatic nitrogens is 1. The Bertz CT molecular complexity index is 1450. The molecule has 1 spiro atoms. The van der Waals surface area contributed by atoms with Crippen molar-refractivity contribution in [3.63, 3.8) is 0 Å². The molecule has 1 amide bonds. The summed E-state index contributed by atoms with van der Waals surface area (Å²) in [5, 5.41) is 10.7. The third-order valence-corrected chi connectivity index (χ3v) is 8.48. The maximum absolute atomic E-state index is 13.6. The molecular formula is C26H23N3O5S. The smallest absolute Gasteiger partial charge is 0.278 e. The minimum atomic E-state index is -0.573. The predicted octanol–water partition coefficient (Wildman–Crippen LogP) is 2.54. The number of aromatic hydroxyl groups is 1. The van der Waals surface area contributed by atoms with E-state index in [-0.39, 0.29) is 18.2 Å². The van der Waals surface area contributed by atoms with E-state index in [1.165, 1.54) is 22.1 Å². The van der Waals surface area contributed by atoms with Crippen LogP contribution in [-0.2, 0) is 21.6 Å². The highest BCUT2D eigenvalue weighted by Gasteiger charge is 2.50. The van der Waals surface area contributed by atoms with Gasteiger partial charge in [0, 0.05) is 22.3 Å². The van der Waals surface area contributed by atoms with Gasteiger partial charge in [0.1, 0.15) is 11.8 Å². The molecule has 0 radical (unpaired) electrons. The molecule has 7 rings (SSSR count). The van der Waals surface area contributed by atoms with Crippen molar-refractivity contribution in [2.24, 2.45) is 0 Å². The van der Waals surface area contributed by atoms with Crippen molar-refractivity contribution in [1.29, 1.82) is 0 Å². The number of hydrogen-bond donors (Lipinski definition) is 2. The first-order valence-corrected chi connectivity index (χ1v) is 12.6. The summed E-state index contributed by atoms with van der Waals surface area (Å²) in [6, 6.07) is 15.8. The van der Waals surface area contributed by atoms with Gasteiger partial charge >= 0.3 is 0 Å². The van der Waals surface area contributed by atoms with E-state index in [1.54, 1.807) is 21.3 Å². The highest BCUT2D eigenvalue weighted by Crippen LogP contribution is 2.39. The van der Waals surface area contributed by atoms with Gasteiger partial charge < -0.3 is 24.9 Å². The fraction of sp³-hybridized carbons (Fsp3) is 0.308. The van der Waals surface area contributed by atoms with E-state index in [9.17, 15) is 14.7 Å². The molecule has 9 heteroatoms. The molecular weight excluding hydrogens is 466 g/mol. The summed E-state index contributed by atoms with van der Waals surface area (Å²) in [6.45, 7) is 1.49. The van der Waals surface area contributed by atoms with E-state index in [4.69, 9.17) is 9.47 Å². The Hall–Kier alpha value is -3.27. The molecule has 2 N–H and O–H groups in total. The summed E-state index contributed by atoms with van der Waals surface area (Å²) in [4.78, 5) is 29.4. The number of nitrogens with zero attached hydrogens (tertiary/aromatic N) is 2. The first-order valence-electron chi connectivity index (χ1n) is 11.6. The molecule has 0 bridgehead atoms. The topological polar surface area (TPSA) is 93.0 Å². The number of thioether (sulfide) groups is 1. The zero-order chi connectivity index (χ0) is 23.7. The molecule has 1 aromatic heterocycles. The Labute approximate surface area is 205 Å². The van der Waals surface area contributed by atoms with Gasteiger partial charge in [-0.15, -0.1) is 11.8 Å². The number of rotatable bonds is 1. The van der Waals surface area contributed by atoms with Crippen LogP contribution in [0.1, 0.15) is 27.2 Å². The lowest BCUT2D eigenvalue weighted by Gasteiger charge is -2.52. The minimum Gasteiger partial charge on any atom is -0.502 e. The second-order valence-corrected chi connectivity index (χ2v) is 10.5. The Morgan fingerprint density at radius 2 is 1.91 bits per heavy atom. The number of pyridine rings is 1. The second kappa shape index (κ2) is 7.61. The first-order chi connectivity index (χ1) is 17.0. The molecule has 4 aliphatic rings. The van der Waals surface area contributed by atoms with Crippen molar-refractivity contribution < 1.29 is 19.4 Å². The summed E-state index contributed by atoms with van der Waals surface area (Å²) < 4.78 is 13.0. The van der Waals surface area contributed by atoms with Crippen LogP contribution >= 0.6 is 11.8 Å². The van der Waals surface area contributed by atoms with Gasteiger partial charge in [-0.3, -0.25) is 9.59 Å². The zero-order valence-electron chi connectivity index (χ0n) is 18.8. The SMILES string of the molecule is O=C1c2c(O)c(=O)cc(-c3cccc4c3Cc3ccccc3SC4)n2N[C@@H]2COC3(COC3)CN12. The third kappa shape index (κ3) is 3.15. The molecule has 35 heavy (non-hydrogen) atoms. The van der Waals surface area contributed by atoms with Crippen LogP contribution in [0, 0.1) is 0 Å². The van der Waals surface area contributed by atoms with Crippen molar-refractivity contribution in [3.05, 3.63) is 81.1 Å². The number of morpholine rings is 1. The summed E-state index contributed by atoms with van der Waals surface area (Å²) in [5.41, 5.74) is 7.19. The van der Waals surface area contributed by atoms with E-state index in [0.29, 0.717) is 31.9 Å². The Morgan fingerprint density at radius 1 is 1.09 bits per heavy atom. The maximum Gasteiger partial charge on any atom is 0.278 e. The van der Waals surface area contributed by atoms with E-state index in [1.807, 2.05) is 24.3 Å². The molecule has 1 atom stereocenters. The van der Waals surface area contributed by atoms with Crippen LogP contribution < -0.4 is 10.9 Å². The number of carbonyl (C=O) groups is 1. The number of nitrogens with one attached hydrogen (secondary N) is 1. The summed E-state index contributed by atoms with van der Waals surface area (Å²) >= 11 is 1.80. The minimum absolute atomic E-state index is 0.0398. The van der Waals surface area contributed by atoms with Crippen molar-refractivity contribution in [2.75, 3.05) is 31.8 Å². The zero-order valence-corrected chi connectivity index (χ0v) is 19.6. The van der Waals surface area contributed by atoms with Gasteiger partial charge in [-0.05, 0) is 29.2 Å². The molecule has 8 nitrogen and oxygen atoms in total. The number of fused-ring (bicyclic) bond motifs is 4. The monoisotopic (exact) mass is 489 g/mol. The maximum atomic E-state index is 13.6. The molecule has 3 aromatic rings. The quantitative estimate of drug-likeness (QED) is 0.543. The van der Waals surface area contributed by atoms with Crippen molar-refractivity contribution >= 4 is 17.7 Å². The molecule has 178 valence electrons. The Morgan fingerprint density at radius 3 is 2.74 bits per heavy atom. The molecule has 0 aliphatic carbocycles. The Balaban J connectivity index is 1.38. The van der Waals surface area contributed by atoms with Gasteiger partial charge in [-0.2, -0.15) is 0 Å². The summed E-state index contributed by atoms with van der Waals surface area (Å²) in [7, 11) is 0. The van der Waals surface area contributed by atoms with Crippen LogP contribution in [0.2, 0.25) is 0 Å². The first kappa shape index (κ1) is 21.0. The normalized spacial score (nSPS) is 21.7. The van der Waals surface area contributed by atoms with Gasteiger partial charge in [0.25, 0.3) is 5.91 Å². The molecule has 0 unspecified atom stereocenters. The molecule has 4 aliphatic heterocycles. The Kier molecular flexibility index (Phi) is 4.58. The van der Waals surface area contributed by atoms with Crippen molar-refractivity contribution in [3.8, 4) is 17.0 Å². The van der Waals surface area contributed by atoms with E-state index in [2.05, 4.69) is 23.6 Å². The second-order valence-electron chi connectivity index (χ2n) is 9.51. The lowest BCUT2D eigenvalue weighted by Crippen LogP contribution is -2.70. The van der Waals surface area contributed by atoms with Crippen molar-refractivity contribution in [2.45, 2.75) is 28.8 Å². The largest absolute Gasteiger partial charge is 0.502 e. The lowest BCUT2D eigenvalue weighted by molar-refractivity contribution is -0.241. The van der Waals surface area contributed by atoms with Crippen LogP contribution in [0.4, 0.5) is 0 Å². The highest BCUT2D eigenvalue weighted by atomic mass is 32.2. The molecule has 0 saturated carbocycles. The average Bonchev–Trinajstić information content (AvgIpc) is 3.04. The van der Waals surface area contributed by atoms with Crippen LogP contribution in [0.15, 0.2) is 58.2 Å². The molecule has 2 aromatic carbocycles. The summed E-state index contributed by atoms with van der Waals surface area (Å²) in [5.74, 6) is -0.114. The standard InChI is InChI=1S/C26H23N3O5S/c30-20-9-19(17-6-3-5-16-11-35-21-7-2-1-4-15(21)8-18(16)17)29-23(24(20)31)25(32)28-12-26(13-33-14-26)34-10-22(28)27-29/h1-7,9,22,27,31H,8,10-14H2/t22-/m0/s1. The highest BCUT2D eigenvalue weighted by molar-refractivity contribution is 7.98. The summed E-state index contributed by atoms with van der Waals surface area (Å²) in [6.07, 6.45) is 0.300. The fourth-order valence-electron chi connectivity index (χ4n) is 5.41. The van der Waals surface area contributed by atoms with E-state index in [0.717, 1.165) is 16.9 Å². The molecule has 2 saturated heterocycles. The van der Waals surface area contributed by atoms with Crippen LogP contribution in [0.25, 0.3) is 11.3 Å². The van der Waals surface area contributed by atoms with Crippen LogP contribution in [0.5, 0.6) is 5.75 Å². The van der Waals surface area contributed by atoms with E-state index < -0.39 is 22.9 Å². The van der Waals surface area contributed by atoms with Crippen molar-refractivity contribution in [1.82, 2.24) is 9.58 Å². The average molecular weight is 490 g/mol. The predicted molar refractivity (Wildman–Crippen MR) is 130 cm³/mol. The van der Waals surface area contributed by atoms with Gasteiger partial charge in [-0.25, -0.2) is 4.68 Å².